The van der Waals surface area contributed by atoms with Crippen molar-refractivity contribution in [3.05, 3.63) is 44.7 Å². The third-order valence-electron chi connectivity index (χ3n) is 3.82. The maximum atomic E-state index is 12.6. The largest absolute Gasteiger partial charge is 0.493 e. The fourth-order valence-electron chi connectivity index (χ4n) is 2.52. The van der Waals surface area contributed by atoms with Gasteiger partial charge in [0.1, 0.15) is 4.88 Å². The highest BCUT2D eigenvalue weighted by Gasteiger charge is 2.40. The molecule has 1 atom stereocenters. The highest BCUT2D eigenvalue weighted by Crippen LogP contribution is 2.41. The monoisotopic (exact) mass is 351 g/mol. The van der Waals surface area contributed by atoms with Gasteiger partial charge >= 0.3 is 0 Å². The number of ether oxygens (including phenoxy) is 1. The number of hydrogen-bond acceptors (Lipinski definition) is 6. The van der Waals surface area contributed by atoms with Crippen molar-refractivity contribution in [3.63, 3.8) is 0 Å². The zero-order valence-corrected chi connectivity index (χ0v) is 14.6. The van der Waals surface area contributed by atoms with Crippen LogP contribution in [0, 0.1) is 3.95 Å². The van der Waals surface area contributed by atoms with E-state index in [4.69, 9.17) is 17.0 Å². The Morgan fingerprint density at radius 3 is 2.74 bits per heavy atom. The first-order valence-corrected chi connectivity index (χ1v) is 8.36. The molecule has 0 aliphatic carbocycles. The summed E-state index contributed by atoms with van der Waals surface area (Å²) in [5, 5.41) is 10.4. The van der Waals surface area contributed by atoms with Crippen LogP contribution in [-0.4, -0.2) is 39.5 Å². The molecule has 1 N–H and O–H groups in total. The minimum atomic E-state index is -0.669. The molecule has 3 heterocycles. The summed E-state index contributed by atoms with van der Waals surface area (Å²) in [6.07, 6.45) is 6.73. The summed E-state index contributed by atoms with van der Waals surface area (Å²) in [7, 11) is 3.50. The molecule has 0 bridgehead atoms. The van der Waals surface area contributed by atoms with Crippen molar-refractivity contribution in [1.82, 2.24) is 14.4 Å². The van der Waals surface area contributed by atoms with Gasteiger partial charge in [0.25, 0.3) is 5.91 Å². The molecule has 1 aromatic rings. The Kier molecular flexibility index (Phi) is 4.03. The molecule has 6 nitrogen and oxygen atoms in total. The molecule has 0 radical (unpaired) electrons. The summed E-state index contributed by atoms with van der Waals surface area (Å²) < 4.78 is 8.08. The van der Waals surface area contributed by atoms with Gasteiger partial charge in [0.05, 0.1) is 5.70 Å². The zero-order chi connectivity index (χ0) is 16.7. The normalized spacial score (nSPS) is 23.8. The second kappa shape index (κ2) is 5.86. The topological polar surface area (TPSA) is 57.9 Å². The fourth-order valence-corrected chi connectivity index (χ4v) is 4.03. The van der Waals surface area contributed by atoms with Gasteiger partial charge in [-0.3, -0.25) is 14.3 Å². The SMILES string of the molecule is CCn1c(O)c(C2OC(=C3C=CC=CN3C)C(=O)N2C)sc1=S. The van der Waals surface area contributed by atoms with Crippen LogP contribution in [-0.2, 0) is 16.1 Å². The van der Waals surface area contributed by atoms with Crippen molar-refractivity contribution in [1.29, 1.82) is 0 Å². The Morgan fingerprint density at radius 1 is 1.39 bits per heavy atom. The summed E-state index contributed by atoms with van der Waals surface area (Å²) >= 11 is 6.52. The smallest absolute Gasteiger partial charge is 0.294 e. The van der Waals surface area contributed by atoms with Crippen LogP contribution in [0.1, 0.15) is 18.0 Å². The quantitative estimate of drug-likeness (QED) is 0.656. The number of aromatic hydroxyl groups is 1. The maximum absolute atomic E-state index is 12.6. The van der Waals surface area contributed by atoms with Crippen LogP contribution >= 0.6 is 23.6 Å². The Hall–Kier alpha value is -2.06. The van der Waals surface area contributed by atoms with Crippen molar-refractivity contribution < 1.29 is 14.6 Å². The molecule has 1 unspecified atom stereocenters. The van der Waals surface area contributed by atoms with Crippen LogP contribution in [0.4, 0.5) is 0 Å². The van der Waals surface area contributed by atoms with Crippen LogP contribution in [0.3, 0.4) is 0 Å². The van der Waals surface area contributed by atoms with Crippen LogP contribution in [0.2, 0.25) is 0 Å². The van der Waals surface area contributed by atoms with Gasteiger partial charge in [-0.2, -0.15) is 0 Å². The molecule has 0 aromatic carbocycles. The second-order valence-corrected chi connectivity index (χ2v) is 6.89. The molecule has 2 aliphatic rings. The molecular weight excluding hydrogens is 334 g/mol. The molecular formula is C15H17N3O3S2. The third-order valence-corrected chi connectivity index (χ3v) is 5.29. The number of amides is 1. The number of carbonyl (C=O) groups excluding carboxylic acids is 1. The predicted molar refractivity (Wildman–Crippen MR) is 90.1 cm³/mol. The lowest BCUT2D eigenvalue weighted by Gasteiger charge is -2.19. The van der Waals surface area contributed by atoms with E-state index >= 15 is 0 Å². The predicted octanol–water partition coefficient (Wildman–Crippen LogP) is 2.72. The van der Waals surface area contributed by atoms with Gasteiger partial charge in [-0.15, -0.1) is 0 Å². The second-order valence-electron chi connectivity index (χ2n) is 5.21. The van der Waals surface area contributed by atoms with Crippen LogP contribution < -0.4 is 0 Å². The highest BCUT2D eigenvalue weighted by molar-refractivity contribution is 7.73. The van der Waals surface area contributed by atoms with Crippen molar-refractivity contribution in [2.75, 3.05) is 14.1 Å². The molecule has 1 saturated heterocycles. The van der Waals surface area contributed by atoms with E-state index in [0.717, 1.165) is 0 Å². The summed E-state index contributed by atoms with van der Waals surface area (Å²) in [5.41, 5.74) is 0.685. The molecule has 0 saturated carbocycles. The average molecular weight is 351 g/mol. The first-order chi connectivity index (χ1) is 11.0. The first-order valence-electron chi connectivity index (χ1n) is 7.14. The fraction of sp³-hybridized carbons (Fsp3) is 0.333. The molecule has 8 heteroatoms. The number of rotatable bonds is 2. The van der Waals surface area contributed by atoms with Crippen molar-refractivity contribution in [2.45, 2.75) is 19.7 Å². The number of hydrogen-bond donors (Lipinski definition) is 1. The lowest BCUT2D eigenvalue weighted by atomic mass is 10.2. The van der Waals surface area contributed by atoms with E-state index in [1.807, 2.05) is 43.3 Å². The lowest BCUT2D eigenvalue weighted by molar-refractivity contribution is -0.125. The number of likely N-dealkylation sites (N-methyl/N-ethyl adjacent to an activating group) is 2. The minimum Gasteiger partial charge on any atom is -0.493 e. The number of aromatic nitrogens is 1. The van der Waals surface area contributed by atoms with E-state index in [2.05, 4.69) is 0 Å². The Balaban J connectivity index is 2.03. The number of thiazole rings is 1. The van der Waals surface area contributed by atoms with Crippen molar-refractivity contribution in [2.24, 2.45) is 0 Å². The summed E-state index contributed by atoms with van der Waals surface area (Å²) in [6.45, 7) is 2.47. The number of carbonyl (C=O) groups is 1. The van der Waals surface area contributed by atoms with E-state index in [0.29, 0.717) is 21.1 Å². The van der Waals surface area contributed by atoms with E-state index in [1.165, 1.54) is 16.2 Å². The Bertz CT molecular complexity index is 803. The molecule has 1 aromatic heterocycles. The molecule has 122 valence electrons. The average Bonchev–Trinajstić information content (AvgIpc) is 2.97. The molecule has 2 aliphatic heterocycles. The third kappa shape index (κ3) is 2.47. The van der Waals surface area contributed by atoms with Crippen LogP contribution in [0.5, 0.6) is 5.88 Å². The first kappa shape index (κ1) is 15.8. The van der Waals surface area contributed by atoms with Gasteiger partial charge in [-0.25, -0.2) is 0 Å². The number of allylic oxidation sites excluding steroid dienone is 3. The Morgan fingerprint density at radius 2 is 2.13 bits per heavy atom. The van der Waals surface area contributed by atoms with E-state index in [9.17, 15) is 9.90 Å². The molecule has 3 rings (SSSR count). The van der Waals surface area contributed by atoms with Gasteiger partial charge in [0.2, 0.25) is 17.9 Å². The van der Waals surface area contributed by atoms with Gasteiger partial charge in [0.15, 0.2) is 3.95 Å². The van der Waals surface area contributed by atoms with E-state index < -0.39 is 6.23 Å². The summed E-state index contributed by atoms with van der Waals surface area (Å²) in [4.78, 5) is 16.4. The number of nitrogens with zero attached hydrogens (tertiary/aromatic N) is 3. The molecule has 1 amide bonds. The summed E-state index contributed by atoms with van der Waals surface area (Å²) in [6, 6.07) is 0. The minimum absolute atomic E-state index is 0.0610. The van der Waals surface area contributed by atoms with Crippen LogP contribution in [0.25, 0.3) is 0 Å². The standard InChI is InChI=1S/C15H17N3O3S2/c1-4-18-13(20)11(23-15(18)22)14-17(3)12(19)10(21-14)9-7-5-6-8-16(9)2/h5-8,14,20H,4H2,1-3H3. The van der Waals surface area contributed by atoms with Crippen LogP contribution in [0.15, 0.2) is 35.9 Å². The van der Waals surface area contributed by atoms with Gasteiger partial charge in [-0.1, -0.05) is 17.4 Å². The lowest BCUT2D eigenvalue weighted by Crippen LogP contribution is -2.24. The summed E-state index contributed by atoms with van der Waals surface area (Å²) in [5.74, 6) is 0.103. The van der Waals surface area contributed by atoms with E-state index in [-0.39, 0.29) is 17.5 Å². The van der Waals surface area contributed by atoms with E-state index in [1.54, 1.807) is 11.6 Å². The zero-order valence-electron chi connectivity index (χ0n) is 13.0. The molecule has 1 fully saturated rings. The molecule has 0 spiro atoms. The highest BCUT2D eigenvalue weighted by atomic mass is 32.1. The van der Waals surface area contributed by atoms with Gasteiger partial charge < -0.3 is 14.7 Å². The maximum Gasteiger partial charge on any atom is 0.294 e. The Labute approximate surface area is 143 Å². The van der Waals surface area contributed by atoms with Gasteiger partial charge in [-0.05, 0) is 31.3 Å². The van der Waals surface area contributed by atoms with Gasteiger partial charge in [0, 0.05) is 26.8 Å². The molecule has 23 heavy (non-hydrogen) atoms. The van der Waals surface area contributed by atoms with Crippen molar-refractivity contribution >= 4 is 29.5 Å². The van der Waals surface area contributed by atoms with Crippen molar-refractivity contribution in [3.8, 4) is 5.88 Å².